The van der Waals surface area contributed by atoms with Gasteiger partial charge in [0.15, 0.2) is 0 Å². The molecule has 6 heteroatoms. The van der Waals surface area contributed by atoms with Gasteiger partial charge in [-0.15, -0.1) is 11.3 Å². The second-order valence-electron chi connectivity index (χ2n) is 5.15. The molecular weight excluding hydrogens is 364 g/mol. The SMILES string of the molecule is O=C(NNC(=O)c1csc2c1CCCC2)c1ccccc1Br. The Hall–Kier alpha value is -1.66. The Labute approximate surface area is 141 Å². The first kappa shape index (κ1) is 15.2. The van der Waals surface area contributed by atoms with Crippen molar-refractivity contribution in [3.63, 3.8) is 0 Å². The molecule has 22 heavy (non-hydrogen) atoms. The fourth-order valence-electron chi connectivity index (χ4n) is 2.58. The normalized spacial score (nSPS) is 13.3. The maximum atomic E-state index is 12.3. The Morgan fingerprint density at radius 1 is 1.00 bits per heavy atom. The highest BCUT2D eigenvalue weighted by Gasteiger charge is 2.20. The number of hydrogen-bond acceptors (Lipinski definition) is 3. The monoisotopic (exact) mass is 378 g/mol. The Morgan fingerprint density at radius 2 is 1.68 bits per heavy atom. The molecule has 0 saturated carbocycles. The van der Waals surface area contributed by atoms with E-state index in [2.05, 4.69) is 26.8 Å². The van der Waals surface area contributed by atoms with Gasteiger partial charge in [0, 0.05) is 14.7 Å². The molecule has 0 fully saturated rings. The molecule has 3 rings (SSSR count). The first-order valence-electron chi connectivity index (χ1n) is 7.11. The van der Waals surface area contributed by atoms with Gasteiger partial charge in [0.1, 0.15) is 0 Å². The van der Waals surface area contributed by atoms with Crippen LogP contribution in [0.1, 0.15) is 44.0 Å². The van der Waals surface area contributed by atoms with Crippen molar-refractivity contribution >= 4 is 39.1 Å². The number of hydrazine groups is 1. The Morgan fingerprint density at radius 3 is 2.45 bits per heavy atom. The number of thiophene rings is 1. The second-order valence-corrected chi connectivity index (χ2v) is 6.96. The lowest BCUT2D eigenvalue weighted by Crippen LogP contribution is -2.42. The highest BCUT2D eigenvalue weighted by Crippen LogP contribution is 2.30. The van der Waals surface area contributed by atoms with Crippen LogP contribution in [0.4, 0.5) is 0 Å². The van der Waals surface area contributed by atoms with Crippen LogP contribution in [0.3, 0.4) is 0 Å². The lowest BCUT2D eigenvalue weighted by Gasteiger charge is -2.13. The molecule has 0 bridgehead atoms. The molecule has 0 saturated heterocycles. The maximum Gasteiger partial charge on any atom is 0.270 e. The van der Waals surface area contributed by atoms with Crippen molar-refractivity contribution in [2.24, 2.45) is 0 Å². The van der Waals surface area contributed by atoms with Crippen LogP contribution in [0.2, 0.25) is 0 Å². The lowest BCUT2D eigenvalue weighted by atomic mass is 9.96. The van der Waals surface area contributed by atoms with Crippen LogP contribution >= 0.6 is 27.3 Å². The van der Waals surface area contributed by atoms with Crippen molar-refractivity contribution in [3.05, 3.63) is 55.7 Å². The average molecular weight is 379 g/mol. The minimum Gasteiger partial charge on any atom is -0.267 e. The van der Waals surface area contributed by atoms with Crippen molar-refractivity contribution < 1.29 is 9.59 Å². The molecule has 2 amide bonds. The van der Waals surface area contributed by atoms with E-state index < -0.39 is 0 Å². The van der Waals surface area contributed by atoms with E-state index >= 15 is 0 Å². The number of hydrogen-bond donors (Lipinski definition) is 2. The zero-order valence-corrected chi connectivity index (χ0v) is 14.2. The summed E-state index contributed by atoms with van der Waals surface area (Å²) < 4.78 is 0.690. The van der Waals surface area contributed by atoms with Gasteiger partial charge in [-0.1, -0.05) is 12.1 Å². The third-order valence-corrected chi connectivity index (χ3v) is 5.49. The Bertz CT molecular complexity index is 727. The van der Waals surface area contributed by atoms with E-state index in [1.165, 1.54) is 11.3 Å². The zero-order chi connectivity index (χ0) is 15.5. The number of halogens is 1. The van der Waals surface area contributed by atoms with E-state index in [1.54, 1.807) is 29.5 Å². The topological polar surface area (TPSA) is 58.2 Å². The number of carbonyl (C=O) groups excluding carboxylic acids is 2. The van der Waals surface area contributed by atoms with Gasteiger partial charge < -0.3 is 0 Å². The molecule has 1 aliphatic rings. The molecule has 0 atom stereocenters. The van der Waals surface area contributed by atoms with E-state index in [4.69, 9.17) is 0 Å². The molecule has 1 aliphatic carbocycles. The fourth-order valence-corrected chi connectivity index (χ4v) is 4.17. The maximum absolute atomic E-state index is 12.3. The van der Waals surface area contributed by atoms with Gasteiger partial charge in [-0.05, 0) is 59.3 Å². The predicted molar refractivity (Wildman–Crippen MR) is 90.0 cm³/mol. The van der Waals surface area contributed by atoms with Crippen LogP contribution in [-0.2, 0) is 12.8 Å². The molecule has 0 spiro atoms. The molecule has 4 nitrogen and oxygen atoms in total. The van der Waals surface area contributed by atoms with Gasteiger partial charge in [-0.2, -0.15) is 0 Å². The third-order valence-electron chi connectivity index (χ3n) is 3.71. The highest BCUT2D eigenvalue weighted by molar-refractivity contribution is 9.10. The van der Waals surface area contributed by atoms with E-state index in [0.717, 1.165) is 24.8 Å². The van der Waals surface area contributed by atoms with Crippen molar-refractivity contribution in [3.8, 4) is 0 Å². The summed E-state index contributed by atoms with van der Waals surface area (Å²) in [6.07, 6.45) is 4.30. The number of rotatable bonds is 2. The number of nitrogens with one attached hydrogen (secondary N) is 2. The fraction of sp³-hybridized carbons (Fsp3) is 0.250. The average Bonchev–Trinajstić information content (AvgIpc) is 2.97. The van der Waals surface area contributed by atoms with Crippen LogP contribution in [0.15, 0.2) is 34.1 Å². The standard InChI is InChI=1S/C16H15BrN2O2S/c17-13-7-3-1-6-11(13)15(20)18-19-16(21)12-9-22-14-8-4-2-5-10(12)14/h1,3,6-7,9H,2,4-5,8H2,(H,18,20)(H,19,21). The van der Waals surface area contributed by atoms with Crippen LogP contribution < -0.4 is 10.9 Å². The smallest absolute Gasteiger partial charge is 0.267 e. The second kappa shape index (κ2) is 6.62. The third kappa shape index (κ3) is 3.08. The summed E-state index contributed by atoms with van der Waals surface area (Å²) in [4.78, 5) is 25.6. The minimum atomic E-state index is -0.343. The molecule has 0 aliphatic heterocycles. The molecule has 2 N–H and O–H groups in total. The van der Waals surface area contributed by atoms with Gasteiger partial charge in [0.2, 0.25) is 0 Å². The van der Waals surface area contributed by atoms with Gasteiger partial charge >= 0.3 is 0 Å². The van der Waals surface area contributed by atoms with E-state index in [0.29, 0.717) is 15.6 Å². The largest absolute Gasteiger partial charge is 0.270 e. The Balaban J connectivity index is 1.67. The first-order valence-corrected chi connectivity index (χ1v) is 8.78. The molecule has 2 aromatic rings. The van der Waals surface area contributed by atoms with E-state index in [9.17, 15) is 9.59 Å². The van der Waals surface area contributed by atoms with Gasteiger partial charge in [0.25, 0.3) is 11.8 Å². The molecular formula is C16H15BrN2O2S. The molecule has 1 aromatic carbocycles. The molecule has 1 heterocycles. The first-order chi connectivity index (χ1) is 10.7. The van der Waals surface area contributed by atoms with Crippen LogP contribution in [0, 0.1) is 0 Å². The van der Waals surface area contributed by atoms with Gasteiger partial charge in [-0.25, -0.2) is 0 Å². The predicted octanol–water partition coefficient (Wildman–Crippen LogP) is 3.46. The summed E-state index contributed by atoms with van der Waals surface area (Å²) in [5, 5.41) is 1.88. The van der Waals surface area contributed by atoms with Gasteiger partial charge in [-0.3, -0.25) is 20.4 Å². The lowest BCUT2D eigenvalue weighted by molar-refractivity contribution is 0.0846. The summed E-state index contributed by atoms with van der Waals surface area (Å²) in [7, 11) is 0. The molecule has 0 radical (unpaired) electrons. The number of aryl methyl sites for hydroxylation is 1. The summed E-state index contributed by atoms with van der Waals surface area (Å²) in [5.41, 5.74) is 7.29. The molecule has 114 valence electrons. The number of amides is 2. The summed E-state index contributed by atoms with van der Waals surface area (Å²) in [6, 6.07) is 7.08. The highest BCUT2D eigenvalue weighted by atomic mass is 79.9. The van der Waals surface area contributed by atoms with Crippen LogP contribution in [-0.4, -0.2) is 11.8 Å². The van der Waals surface area contributed by atoms with Crippen molar-refractivity contribution in [1.29, 1.82) is 0 Å². The summed E-state index contributed by atoms with van der Waals surface area (Å²) in [5.74, 6) is -0.593. The van der Waals surface area contributed by atoms with Crippen molar-refractivity contribution in [2.45, 2.75) is 25.7 Å². The molecule has 0 unspecified atom stereocenters. The quantitative estimate of drug-likeness (QED) is 0.786. The summed E-state index contributed by atoms with van der Waals surface area (Å²) in [6.45, 7) is 0. The minimum absolute atomic E-state index is 0.250. The van der Waals surface area contributed by atoms with Crippen molar-refractivity contribution in [2.75, 3.05) is 0 Å². The number of carbonyl (C=O) groups is 2. The zero-order valence-electron chi connectivity index (χ0n) is 11.8. The number of benzene rings is 1. The van der Waals surface area contributed by atoms with E-state index in [-0.39, 0.29) is 11.8 Å². The Kier molecular flexibility index (Phi) is 4.59. The van der Waals surface area contributed by atoms with Gasteiger partial charge in [0.05, 0.1) is 11.1 Å². The van der Waals surface area contributed by atoms with E-state index in [1.807, 2.05) is 11.4 Å². The van der Waals surface area contributed by atoms with Crippen LogP contribution in [0.25, 0.3) is 0 Å². The molecule has 1 aromatic heterocycles. The van der Waals surface area contributed by atoms with Crippen molar-refractivity contribution in [1.82, 2.24) is 10.9 Å². The van der Waals surface area contributed by atoms with Crippen LogP contribution in [0.5, 0.6) is 0 Å². The summed E-state index contributed by atoms with van der Waals surface area (Å²) >= 11 is 4.95. The number of fused-ring (bicyclic) bond motifs is 1.